The van der Waals surface area contributed by atoms with Crippen LogP contribution in [-0.4, -0.2) is 30.4 Å². The Kier molecular flexibility index (Phi) is 3.54. The standard InChI is InChI=1S/C8H10BNO5/c1-14-8(11)5-2-6(10)4-7(3-5)15-9(12)13/h2-4,12-13H,10H2,1H3. The molecule has 0 aromatic heterocycles. The third-order valence-electron chi connectivity index (χ3n) is 1.59. The summed E-state index contributed by atoms with van der Waals surface area (Å²) in [7, 11) is -0.732. The number of ether oxygens (including phenoxy) is 1. The number of nitrogens with two attached hydrogens (primary N) is 1. The fourth-order valence-electron chi connectivity index (χ4n) is 1.05. The van der Waals surface area contributed by atoms with E-state index in [0.717, 1.165) is 0 Å². The summed E-state index contributed by atoms with van der Waals surface area (Å²) in [6, 6.07) is 4.04. The zero-order valence-electron chi connectivity index (χ0n) is 8.01. The van der Waals surface area contributed by atoms with Crippen LogP contribution in [0.15, 0.2) is 18.2 Å². The summed E-state index contributed by atoms with van der Waals surface area (Å²) < 4.78 is 9.03. The van der Waals surface area contributed by atoms with Gasteiger partial charge in [-0.3, -0.25) is 0 Å². The Morgan fingerprint density at radius 3 is 2.60 bits per heavy atom. The highest BCUT2D eigenvalue weighted by Crippen LogP contribution is 2.19. The van der Waals surface area contributed by atoms with Crippen molar-refractivity contribution in [1.29, 1.82) is 0 Å². The van der Waals surface area contributed by atoms with E-state index in [-0.39, 0.29) is 17.0 Å². The lowest BCUT2D eigenvalue weighted by Gasteiger charge is -2.07. The molecule has 0 radical (unpaired) electrons. The molecule has 0 unspecified atom stereocenters. The van der Waals surface area contributed by atoms with E-state index in [1.54, 1.807) is 0 Å². The Hall–Kier alpha value is -1.73. The summed E-state index contributed by atoms with van der Waals surface area (Å²) >= 11 is 0. The molecule has 0 saturated heterocycles. The summed E-state index contributed by atoms with van der Waals surface area (Å²) in [4.78, 5) is 11.1. The van der Waals surface area contributed by atoms with Crippen LogP contribution in [0.2, 0.25) is 0 Å². The predicted molar refractivity (Wildman–Crippen MR) is 53.0 cm³/mol. The van der Waals surface area contributed by atoms with Crippen molar-refractivity contribution in [1.82, 2.24) is 0 Å². The van der Waals surface area contributed by atoms with Gasteiger partial charge in [-0.1, -0.05) is 0 Å². The molecular weight excluding hydrogens is 201 g/mol. The molecule has 0 atom stereocenters. The molecule has 1 rings (SSSR count). The van der Waals surface area contributed by atoms with Gasteiger partial charge >= 0.3 is 13.3 Å². The number of carbonyl (C=O) groups excluding carboxylic acids is 1. The first-order valence-electron chi connectivity index (χ1n) is 4.04. The van der Waals surface area contributed by atoms with Crippen molar-refractivity contribution in [2.75, 3.05) is 12.8 Å². The first-order valence-corrected chi connectivity index (χ1v) is 4.04. The van der Waals surface area contributed by atoms with Crippen molar-refractivity contribution in [2.45, 2.75) is 0 Å². The highest BCUT2D eigenvalue weighted by molar-refractivity contribution is 6.33. The molecular formula is C8H10BNO5. The van der Waals surface area contributed by atoms with Crippen molar-refractivity contribution in [3.63, 3.8) is 0 Å². The molecule has 0 saturated carbocycles. The molecule has 0 aliphatic rings. The van der Waals surface area contributed by atoms with E-state index >= 15 is 0 Å². The number of nitrogen functional groups attached to an aromatic ring is 1. The number of hydrogen-bond acceptors (Lipinski definition) is 6. The Morgan fingerprint density at radius 2 is 2.07 bits per heavy atom. The van der Waals surface area contributed by atoms with E-state index in [1.807, 2.05) is 0 Å². The highest BCUT2D eigenvalue weighted by Gasteiger charge is 2.14. The van der Waals surface area contributed by atoms with Gasteiger partial charge in [0.15, 0.2) is 0 Å². The van der Waals surface area contributed by atoms with Crippen LogP contribution in [0.3, 0.4) is 0 Å². The maximum absolute atomic E-state index is 11.1. The van der Waals surface area contributed by atoms with Gasteiger partial charge < -0.3 is 25.2 Å². The fourth-order valence-corrected chi connectivity index (χ4v) is 1.05. The largest absolute Gasteiger partial charge is 0.707 e. The van der Waals surface area contributed by atoms with Crippen LogP contribution in [-0.2, 0) is 4.74 Å². The van der Waals surface area contributed by atoms with Crippen molar-refractivity contribution in [2.24, 2.45) is 0 Å². The number of hydrogen-bond donors (Lipinski definition) is 3. The summed E-state index contributed by atoms with van der Waals surface area (Å²) in [6.45, 7) is 0. The van der Waals surface area contributed by atoms with E-state index in [4.69, 9.17) is 15.8 Å². The Bertz CT molecular complexity index is 368. The van der Waals surface area contributed by atoms with Crippen LogP contribution < -0.4 is 10.4 Å². The lowest BCUT2D eigenvalue weighted by molar-refractivity contribution is 0.0600. The molecule has 4 N–H and O–H groups in total. The van der Waals surface area contributed by atoms with Crippen LogP contribution in [0.5, 0.6) is 5.75 Å². The van der Waals surface area contributed by atoms with Gasteiger partial charge in [-0.25, -0.2) is 4.79 Å². The van der Waals surface area contributed by atoms with Gasteiger partial charge in [0.05, 0.1) is 12.7 Å². The summed E-state index contributed by atoms with van der Waals surface area (Å²) in [5, 5.41) is 17.1. The van der Waals surface area contributed by atoms with Gasteiger partial charge in [0, 0.05) is 11.8 Å². The van der Waals surface area contributed by atoms with E-state index in [9.17, 15) is 4.79 Å². The third kappa shape index (κ3) is 3.15. The molecule has 0 spiro atoms. The Morgan fingerprint density at radius 1 is 1.40 bits per heavy atom. The average Bonchev–Trinajstić information content (AvgIpc) is 2.14. The van der Waals surface area contributed by atoms with Gasteiger partial charge in [0.1, 0.15) is 5.75 Å². The van der Waals surface area contributed by atoms with E-state index in [1.165, 1.54) is 25.3 Å². The minimum atomic E-state index is -1.96. The van der Waals surface area contributed by atoms with Crippen molar-refractivity contribution in [3.8, 4) is 5.75 Å². The highest BCUT2D eigenvalue weighted by atomic mass is 16.6. The van der Waals surface area contributed by atoms with Gasteiger partial charge in [-0.2, -0.15) is 0 Å². The number of anilines is 1. The second kappa shape index (κ2) is 4.67. The summed E-state index contributed by atoms with van der Waals surface area (Å²) in [5.41, 5.74) is 5.91. The maximum Gasteiger partial charge on any atom is 0.707 e. The molecule has 15 heavy (non-hydrogen) atoms. The van der Waals surface area contributed by atoms with Gasteiger partial charge in [-0.15, -0.1) is 0 Å². The van der Waals surface area contributed by atoms with Crippen LogP contribution in [0, 0.1) is 0 Å². The second-order valence-electron chi connectivity index (χ2n) is 2.73. The molecule has 0 heterocycles. The molecule has 0 amide bonds. The van der Waals surface area contributed by atoms with Gasteiger partial charge in [-0.05, 0) is 12.1 Å². The van der Waals surface area contributed by atoms with Crippen LogP contribution in [0.1, 0.15) is 10.4 Å². The average molecular weight is 211 g/mol. The van der Waals surface area contributed by atoms with Gasteiger partial charge in [0.25, 0.3) is 0 Å². The Balaban J connectivity index is 2.99. The number of carbonyl (C=O) groups is 1. The number of rotatable bonds is 3. The predicted octanol–water partition coefficient (Wildman–Crippen LogP) is -0.596. The molecule has 0 aliphatic carbocycles. The number of benzene rings is 1. The zero-order valence-corrected chi connectivity index (χ0v) is 8.01. The topological polar surface area (TPSA) is 102 Å². The lowest BCUT2D eigenvalue weighted by atomic mass is 10.1. The van der Waals surface area contributed by atoms with E-state index < -0.39 is 13.3 Å². The van der Waals surface area contributed by atoms with Crippen molar-refractivity contribution < 1.29 is 24.2 Å². The SMILES string of the molecule is COC(=O)c1cc(N)cc(OB(O)O)c1. The minimum Gasteiger partial charge on any atom is -0.512 e. The summed E-state index contributed by atoms with van der Waals surface area (Å²) in [6.07, 6.45) is 0. The maximum atomic E-state index is 11.1. The quantitative estimate of drug-likeness (QED) is 0.350. The smallest absolute Gasteiger partial charge is 0.512 e. The molecule has 6 nitrogen and oxygen atoms in total. The Labute approximate surface area is 86.4 Å². The zero-order chi connectivity index (χ0) is 11.4. The fraction of sp³-hybridized carbons (Fsp3) is 0.125. The molecule has 0 fully saturated rings. The monoisotopic (exact) mass is 211 g/mol. The molecule has 0 aliphatic heterocycles. The molecule has 7 heteroatoms. The first-order chi connectivity index (χ1) is 7.02. The molecule has 0 bridgehead atoms. The normalized spacial score (nSPS) is 9.53. The van der Waals surface area contributed by atoms with Crippen molar-refractivity contribution in [3.05, 3.63) is 23.8 Å². The first kappa shape index (κ1) is 11.4. The molecule has 1 aromatic carbocycles. The van der Waals surface area contributed by atoms with Crippen LogP contribution >= 0.6 is 0 Å². The third-order valence-corrected chi connectivity index (χ3v) is 1.59. The van der Waals surface area contributed by atoms with E-state index in [2.05, 4.69) is 9.39 Å². The molecule has 80 valence electrons. The lowest BCUT2D eigenvalue weighted by Crippen LogP contribution is -2.20. The number of esters is 1. The van der Waals surface area contributed by atoms with Crippen molar-refractivity contribution >= 4 is 19.0 Å². The summed E-state index contributed by atoms with van der Waals surface area (Å²) in [5.74, 6) is -0.509. The van der Waals surface area contributed by atoms with Crippen LogP contribution in [0.4, 0.5) is 5.69 Å². The second-order valence-corrected chi connectivity index (χ2v) is 2.73. The van der Waals surface area contributed by atoms with Crippen LogP contribution in [0.25, 0.3) is 0 Å². The minimum absolute atomic E-state index is 0.0744. The molecule has 1 aromatic rings. The number of methoxy groups -OCH3 is 1. The van der Waals surface area contributed by atoms with Gasteiger partial charge in [0.2, 0.25) is 0 Å². The van der Waals surface area contributed by atoms with E-state index in [0.29, 0.717) is 0 Å².